The molecule has 0 fully saturated rings. The Kier molecular flexibility index (Phi) is 5.43. The van der Waals surface area contributed by atoms with Crippen LogP contribution in [0.3, 0.4) is 0 Å². The molecule has 0 spiro atoms. The van der Waals surface area contributed by atoms with E-state index in [9.17, 15) is 4.79 Å². The van der Waals surface area contributed by atoms with Crippen LogP contribution < -0.4 is 5.32 Å². The predicted octanol–water partition coefficient (Wildman–Crippen LogP) is 3.97. The molecule has 7 heteroatoms. The number of rotatable bonds is 7. The second-order valence-corrected chi connectivity index (χ2v) is 7.42. The van der Waals surface area contributed by atoms with E-state index in [-0.39, 0.29) is 11.9 Å². The van der Waals surface area contributed by atoms with Gasteiger partial charge in [0.05, 0.1) is 29.6 Å². The first kappa shape index (κ1) is 18.3. The molecular formula is C21H21N5OS. The number of hydrogen-bond donors (Lipinski definition) is 2. The molecule has 2 aromatic heterocycles. The second kappa shape index (κ2) is 8.31. The van der Waals surface area contributed by atoms with Crippen molar-refractivity contribution in [3.8, 4) is 5.69 Å². The highest BCUT2D eigenvalue weighted by Gasteiger charge is 2.21. The zero-order chi connectivity index (χ0) is 19.3. The zero-order valence-electron chi connectivity index (χ0n) is 15.5. The number of hydrogen-bond acceptors (Lipinski definition) is 4. The van der Waals surface area contributed by atoms with Crippen LogP contribution >= 0.6 is 11.8 Å². The Morgan fingerprint density at radius 1 is 1.18 bits per heavy atom. The third-order valence-corrected chi connectivity index (χ3v) is 5.20. The van der Waals surface area contributed by atoms with E-state index >= 15 is 0 Å². The van der Waals surface area contributed by atoms with Crippen molar-refractivity contribution in [2.24, 2.45) is 0 Å². The van der Waals surface area contributed by atoms with Crippen molar-refractivity contribution >= 4 is 28.7 Å². The molecule has 0 saturated heterocycles. The van der Waals surface area contributed by atoms with E-state index in [1.54, 1.807) is 28.9 Å². The lowest BCUT2D eigenvalue weighted by atomic mass is 10.2. The number of aromatic amines is 1. The Bertz CT molecular complexity index is 1040. The van der Waals surface area contributed by atoms with Gasteiger partial charge in [0.15, 0.2) is 0 Å². The summed E-state index contributed by atoms with van der Waals surface area (Å²) in [5.41, 5.74) is 3.26. The van der Waals surface area contributed by atoms with Crippen molar-refractivity contribution < 1.29 is 4.79 Å². The van der Waals surface area contributed by atoms with Crippen LogP contribution in [0.25, 0.3) is 16.7 Å². The fourth-order valence-corrected chi connectivity index (χ4v) is 3.61. The average molecular weight is 392 g/mol. The number of benzene rings is 2. The Morgan fingerprint density at radius 3 is 2.75 bits per heavy atom. The molecule has 0 aliphatic carbocycles. The molecule has 2 aromatic carbocycles. The van der Waals surface area contributed by atoms with E-state index in [1.165, 1.54) is 0 Å². The van der Waals surface area contributed by atoms with Gasteiger partial charge in [-0.2, -0.15) is 11.8 Å². The van der Waals surface area contributed by atoms with Gasteiger partial charge in [0.1, 0.15) is 11.5 Å². The standard InChI is InChI=1S/C21H21N5OS/c1-28-12-11-18(20-23-16-9-5-6-10-17(16)24-20)25-21(27)19-13-22-14-26(19)15-7-3-2-4-8-15/h2-10,13-14,18H,11-12H2,1H3,(H,23,24)(H,25,27). The first-order chi connectivity index (χ1) is 13.8. The highest BCUT2D eigenvalue weighted by Crippen LogP contribution is 2.21. The molecule has 142 valence electrons. The number of nitrogens with one attached hydrogen (secondary N) is 2. The van der Waals surface area contributed by atoms with Crippen molar-refractivity contribution in [2.45, 2.75) is 12.5 Å². The van der Waals surface area contributed by atoms with E-state index in [2.05, 4.69) is 26.5 Å². The fourth-order valence-electron chi connectivity index (χ4n) is 3.14. The molecule has 0 radical (unpaired) electrons. The second-order valence-electron chi connectivity index (χ2n) is 6.43. The molecule has 0 aliphatic heterocycles. The number of aromatic nitrogens is 4. The number of thioether (sulfide) groups is 1. The van der Waals surface area contributed by atoms with Crippen LogP contribution in [0.2, 0.25) is 0 Å². The maximum Gasteiger partial charge on any atom is 0.270 e. The number of imidazole rings is 2. The molecule has 1 atom stereocenters. The van der Waals surface area contributed by atoms with Gasteiger partial charge in [0, 0.05) is 5.69 Å². The first-order valence-corrected chi connectivity index (χ1v) is 10.5. The van der Waals surface area contributed by atoms with Crippen molar-refractivity contribution in [1.29, 1.82) is 0 Å². The van der Waals surface area contributed by atoms with E-state index < -0.39 is 0 Å². The number of carbonyl (C=O) groups excluding carboxylic acids is 1. The SMILES string of the molecule is CSCCC(NC(=O)c1cncn1-c1ccccc1)c1nc2ccccc2[nH]1. The van der Waals surface area contributed by atoms with E-state index in [1.807, 2.05) is 54.6 Å². The lowest BCUT2D eigenvalue weighted by Gasteiger charge is -2.17. The summed E-state index contributed by atoms with van der Waals surface area (Å²) in [6.07, 6.45) is 6.09. The van der Waals surface area contributed by atoms with Gasteiger partial charge >= 0.3 is 0 Å². The molecule has 0 saturated carbocycles. The molecular weight excluding hydrogens is 370 g/mol. The molecule has 2 heterocycles. The summed E-state index contributed by atoms with van der Waals surface area (Å²) in [5.74, 6) is 1.52. The Labute approximate surface area is 167 Å². The molecule has 1 amide bonds. The van der Waals surface area contributed by atoms with Crippen molar-refractivity contribution in [2.75, 3.05) is 12.0 Å². The molecule has 1 unspecified atom stereocenters. The van der Waals surface area contributed by atoms with Crippen LogP contribution in [0.4, 0.5) is 0 Å². The van der Waals surface area contributed by atoms with E-state index in [0.29, 0.717) is 5.69 Å². The number of para-hydroxylation sites is 3. The number of fused-ring (bicyclic) bond motifs is 1. The van der Waals surface area contributed by atoms with Gasteiger partial charge in [-0.25, -0.2) is 9.97 Å². The van der Waals surface area contributed by atoms with Gasteiger partial charge in [-0.05, 0) is 42.7 Å². The minimum atomic E-state index is -0.202. The van der Waals surface area contributed by atoms with Gasteiger partial charge in [-0.3, -0.25) is 9.36 Å². The maximum absolute atomic E-state index is 13.0. The summed E-state index contributed by atoms with van der Waals surface area (Å²) in [6, 6.07) is 17.4. The van der Waals surface area contributed by atoms with Crippen LogP contribution in [-0.2, 0) is 0 Å². The largest absolute Gasteiger partial charge is 0.341 e. The highest BCUT2D eigenvalue weighted by molar-refractivity contribution is 7.98. The van der Waals surface area contributed by atoms with Gasteiger partial charge < -0.3 is 10.3 Å². The normalized spacial score (nSPS) is 12.2. The topological polar surface area (TPSA) is 75.6 Å². The number of H-pyrrole nitrogens is 1. The van der Waals surface area contributed by atoms with Crippen molar-refractivity contribution in [3.05, 3.63) is 78.6 Å². The third kappa shape index (κ3) is 3.80. The fraction of sp³-hybridized carbons (Fsp3) is 0.190. The Balaban J connectivity index is 1.61. The summed E-state index contributed by atoms with van der Waals surface area (Å²) >= 11 is 1.75. The van der Waals surface area contributed by atoms with Gasteiger partial charge in [0.2, 0.25) is 0 Å². The smallest absolute Gasteiger partial charge is 0.270 e. The molecule has 2 N–H and O–H groups in total. The quantitative estimate of drug-likeness (QED) is 0.500. The minimum Gasteiger partial charge on any atom is -0.341 e. The number of nitrogens with zero attached hydrogens (tertiary/aromatic N) is 3. The summed E-state index contributed by atoms with van der Waals surface area (Å²) in [5, 5.41) is 3.13. The predicted molar refractivity (Wildman–Crippen MR) is 113 cm³/mol. The molecule has 4 aromatic rings. The summed E-state index contributed by atoms with van der Waals surface area (Å²) in [4.78, 5) is 25.2. The van der Waals surface area contributed by atoms with Crippen LogP contribution in [0.1, 0.15) is 28.8 Å². The summed E-state index contributed by atoms with van der Waals surface area (Å²) in [6.45, 7) is 0. The van der Waals surface area contributed by atoms with Crippen molar-refractivity contribution in [1.82, 2.24) is 24.8 Å². The van der Waals surface area contributed by atoms with Gasteiger partial charge in [-0.15, -0.1) is 0 Å². The van der Waals surface area contributed by atoms with Crippen molar-refractivity contribution in [3.63, 3.8) is 0 Å². The van der Waals surface area contributed by atoms with Crippen LogP contribution in [0.15, 0.2) is 67.1 Å². The summed E-state index contributed by atoms with van der Waals surface area (Å²) < 4.78 is 1.79. The lowest BCUT2D eigenvalue weighted by molar-refractivity contribution is 0.0927. The minimum absolute atomic E-state index is 0.173. The van der Waals surface area contributed by atoms with Crippen LogP contribution in [0, 0.1) is 0 Å². The molecule has 6 nitrogen and oxygen atoms in total. The van der Waals surface area contributed by atoms with Crippen LogP contribution in [0.5, 0.6) is 0 Å². The highest BCUT2D eigenvalue weighted by atomic mass is 32.2. The van der Waals surface area contributed by atoms with Gasteiger partial charge in [0.25, 0.3) is 5.91 Å². The molecule has 28 heavy (non-hydrogen) atoms. The molecule has 0 aliphatic rings. The number of carbonyl (C=O) groups is 1. The van der Waals surface area contributed by atoms with Crippen LogP contribution in [-0.4, -0.2) is 37.4 Å². The Hall–Kier alpha value is -3.06. The maximum atomic E-state index is 13.0. The van der Waals surface area contributed by atoms with Gasteiger partial charge in [-0.1, -0.05) is 30.3 Å². The van der Waals surface area contributed by atoms with E-state index in [4.69, 9.17) is 0 Å². The Morgan fingerprint density at radius 2 is 1.96 bits per heavy atom. The number of amides is 1. The first-order valence-electron chi connectivity index (χ1n) is 9.08. The average Bonchev–Trinajstić information content (AvgIpc) is 3.38. The third-order valence-electron chi connectivity index (χ3n) is 4.56. The monoisotopic (exact) mass is 391 g/mol. The van der Waals surface area contributed by atoms with E-state index in [0.717, 1.165) is 34.7 Å². The lowest BCUT2D eigenvalue weighted by Crippen LogP contribution is -2.31. The molecule has 0 bridgehead atoms. The molecule has 4 rings (SSSR count). The zero-order valence-corrected chi connectivity index (χ0v) is 16.3. The summed E-state index contributed by atoms with van der Waals surface area (Å²) in [7, 11) is 0.